The highest BCUT2D eigenvalue weighted by Gasteiger charge is 2.22. The maximum Gasteiger partial charge on any atom is 0.224 e. The molecule has 1 amide bonds. The Labute approximate surface area is 97.8 Å². The molecule has 88 valence electrons. The van der Waals surface area contributed by atoms with E-state index < -0.39 is 0 Å². The topological polar surface area (TPSA) is 29.1 Å². The predicted molar refractivity (Wildman–Crippen MR) is 64.1 cm³/mol. The zero-order valence-electron chi connectivity index (χ0n) is 9.76. The Morgan fingerprint density at radius 3 is 2.47 bits per heavy atom. The van der Waals surface area contributed by atoms with Crippen molar-refractivity contribution in [1.29, 1.82) is 0 Å². The van der Waals surface area contributed by atoms with Gasteiger partial charge in [0.25, 0.3) is 0 Å². The van der Waals surface area contributed by atoms with E-state index in [0.717, 1.165) is 18.8 Å². The summed E-state index contributed by atoms with van der Waals surface area (Å²) in [6.07, 6.45) is 6.07. The van der Waals surface area contributed by atoms with Crippen molar-refractivity contribution in [1.82, 2.24) is 5.32 Å². The maximum atomic E-state index is 11.6. The third-order valence-electron chi connectivity index (χ3n) is 3.45. The van der Waals surface area contributed by atoms with E-state index in [1.807, 2.05) is 6.92 Å². The van der Waals surface area contributed by atoms with Gasteiger partial charge in [-0.05, 0) is 31.6 Å². The fraction of sp³-hybridized carbons (Fsp3) is 0.917. The van der Waals surface area contributed by atoms with Gasteiger partial charge in [0.2, 0.25) is 5.91 Å². The third kappa shape index (κ3) is 4.02. The summed E-state index contributed by atoms with van der Waals surface area (Å²) in [5, 5.41) is 3.09. The van der Waals surface area contributed by atoms with Crippen LogP contribution in [0.5, 0.6) is 0 Å². The Kier molecular flexibility index (Phi) is 5.44. The van der Waals surface area contributed by atoms with Crippen LogP contribution < -0.4 is 5.32 Å². The minimum atomic E-state index is -0.0597. The molecule has 1 unspecified atom stereocenters. The van der Waals surface area contributed by atoms with Gasteiger partial charge in [0, 0.05) is 17.8 Å². The summed E-state index contributed by atoms with van der Waals surface area (Å²) < 4.78 is 0. The normalized spacial score (nSPS) is 28.5. The Morgan fingerprint density at radius 1 is 1.40 bits per heavy atom. The van der Waals surface area contributed by atoms with E-state index in [0.29, 0.717) is 11.9 Å². The number of carbonyl (C=O) groups is 1. The number of hydrogen-bond donors (Lipinski definition) is 1. The molecule has 1 aliphatic rings. The Bertz CT molecular complexity index is 200. The first-order valence-electron chi connectivity index (χ1n) is 6.03. The fourth-order valence-corrected chi connectivity index (χ4v) is 2.27. The first-order chi connectivity index (χ1) is 7.17. The lowest BCUT2D eigenvalue weighted by Crippen LogP contribution is -2.40. The first-order valence-corrected chi connectivity index (χ1v) is 6.57. The smallest absolute Gasteiger partial charge is 0.224 e. The number of alkyl halides is 1. The highest BCUT2D eigenvalue weighted by atomic mass is 35.5. The van der Waals surface area contributed by atoms with Crippen LogP contribution in [0.4, 0.5) is 0 Å². The minimum Gasteiger partial charge on any atom is -0.353 e. The second kappa shape index (κ2) is 6.37. The van der Waals surface area contributed by atoms with Crippen molar-refractivity contribution >= 4 is 17.5 Å². The highest BCUT2D eigenvalue weighted by Crippen LogP contribution is 2.26. The molecule has 1 aliphatic carbocycles. The molecular formula is C12H22ClNO. The van der Waals surface area contributed by atoms with Crippen LogP contribution in [0.3, 0.4) is 0 Å². The molecule has 0 saturated heterocycles. The summed E-state index contributed by atoms with van der Waals surface area (Å²) in [7, 11) is 0. The molecule has 1 atom stereocenters. The molecule has 0 aromatic rings. The van der Waals surface area contributed by atoms with Crippen molar-refractivity contribution in [2.75, 3.05) is 5.88 Å². The minimum absolute atomic E-state index is 0.0597. The van der Waals surface area contributed by atoms with E-state index in [1.54, 1.807) is 0 Å². The molecule has 0 radical (unpaired) electrons. The molecule has 1 saturated carbocycles. The Balaban J connectivity index is 2.26. The lowest BCUT2D eigenvalue weighted by Gasteiger charge is -2.29. The molecule has 3 heteroatoms. The van der Waals surface area contributed by atoms with Gasteiger partial charge in [-0.1, -0.05) is 20.3 Å². The summed E-state index contributed by atoms with van der Waals surface area (Å²) >= 11 is 5.65. The molecular weight excluding hydrogens is 210 g/mol. The van der Waals surface area contributed by atoms with Gasteiger partial charge in [0.05, 0.1) is 0 Å². The van der Waals surface area contributed by atoms with Gasteiger partial charge in [-0.2, -0.15) is 0 Å². The van der Waals surface area contributed by atoms with Crippen molar-refractivity contribution in [3.05, 3.63) is 0 Å². The SMILES string of the molecule is CCC1CCC(NC(=O)C(C)CCl)CC1. The van der Waals surface area contributed by atoms with E-state index in [4.69, 9.17) is 11.6 Å². The Morgan fingerprint density at radius 2 is 2.00 bits per heavy atom. The number of amides is 1. The van der Waals surface area contributed by atoms with Crippen molar-refractivity contribution < 1.29 is 4.79 Å². The maximum absolute atomic E-state index is 11.6. The van der Waals surface area contributed by atoms with E-state index >= 15 is 0 Å². The molecule has 1 fully saturated rings. The lowest BCUT2D eigenvalue weighted by atomic mass is 9.84. The van der Waals surface area contributed by atoms with Crippen LogP contribution in [0, 0.1) is 11.8 Å². The highest BCUT2D eigenvalue weighted by molar-refractivity contribution is 6.19. The van der Waals surface area contributed by atoms with Crippen LogP contribution in [-0.2, 0) is 4.79 Å². The van der Waals surface area contributed by atoms with Gasteiger partial charge < -0.3 is 5.32 Å². The van der Waals surface area contributed by atoms with Crippen LogP contribution in [0.1, 0.15) is 46.0 Å². The van der Waals surface area contributed by atoms with Crippen LogP contribution in [0.15, 0.2) is 0 Å². The van der Waals surface area contributed by atoms with E-state index in [1.165, 1.54) is 19.3 Å². The van der Waals surface area contributed by atoms with Crippen LogP contribution >= 0.6 is 11.6 Å². The standard InChI is InChI=1S/C12H22ClNO/c1-3-10-4-6-11(7-5-10)14-12(15)9(2)8-13/h9-11H,3-8H2,1-2H3,(H,14,15). The average Bonchev–Trinajstić information content (AvgIpc) is 2.29. The van der Waals surface area contributed by atoms with Crippen LogP contribution in [-0.4, -0.2) is 17.8 Å². The van der Waals surface area contributed by atoms with Gasteiger partial charge in [-0.3, -0.25) is 4.79 Å². The van der Waals surface area contributed by atoms with Crippen molar-refractivity contribution in [3.63, 3.8) is 0 Å². The van der Waals surface area contributed by atoms with Crippen molar-refractivity contribution in [2.45, 2.75) is 52.0 Å². The zero-order valence-corrected chi connectivity index (χ0v) is 10.5. The monoisotopic (exact) mass is 231 g/mol. The second-order valence-corrected chi connectivity index (χ2v) is 5.00. The molecule has 1 N–H and O–H groups in total. The quantitative estimate of drug-likeness (QED) is 0.741. The van der Waals surface area contributed by atoms with Crippen LogP contribution in [0.2, 0.25) is 0 Å². The van der Waals surface area contributed by atoms with Crippen molar-refractivity contribution in [3.8, 4) is 0 Å². The second-order valence-electron chi connectivity index (χ2n) is 4.69. The average molecular weight is 232 g/mol. The van der Waals surface area contributed by atoms with Gasteiger partial charge >= 0.3 is 0 Å². The van der Waals surface area contributed by atoms with Crippen LogP contribution in [0.25, 0.3) is 0 Å². The van der Waals surface area contributed by atoms with Gasteiger partial charge in [-0.15, -0.1) is 11.6 Å². The molecule has 0 heterocycles. The largest absolute Gasteiger partial charge is 0.353 e. The van der Waals surface area contributed by atoms with E-state index in [2.05, 4.69) is 12.2 Å². The molecule has 1 rings (SSSR count). The first kappa shape index (κ1) is 12.8. The number of carbonyl (C=O) groups excluding carboxylic acids is 1. The van der Waals surface area contributed by atoms with E-state index in [-0.39, 0.29) is 11.8 Å². The molecule has 0 bridgehead atoms. The fourth-order valence-electron chi connectivity index (χ4n) is 2.13. The summed E-state index contributed by atoms with van der Waals surface area (Å²) in [6.45, 7) is 4.12. The van der Waals surface area contributed by atoms with E-state index in [9.17, 15) is 4.79 Å². The number of halogens is 1. The molecule has 0 aromatic carbocycles. The summed E-state index contributed by atoms with van der Waals surface area (Å²) in [6, 6.07) is 0.394. The van der Waals surface area contributed by atoms with Crippen molar-refractivity contribution in [2.24, 2.45) is 11.8 Å². The number of rotatable bonds is 4. The van der Waals surface area contributed by atoms with Gasteiger partial charge in [0.1, 0.15) is 0 Å². The molecule has 15 heavy (non-hydrogen) atoms. The Hall–Kier alpha value is -0.240. The summed E-state index contributed by atoms with van der Waals surface area (Å²) in [5.74, 6) is 1.35. The zero-order chi connectivity index (χ0) is 11.3. The third-order valence-corrected chi connectivity index (χ3v) is 3.91. The molecule has 0 spiro atoms. The summed E-state index contributed by atoms with van der Waals surface area (Å²) in [4.78, 5) is 11.6. The number of hydrogen-bond acceptors (Lipinski definition) is 1. The molecule has 2 nitrogen and oxygen atoms in total. The predicted octanol–water partition coefficient (Wildman–Crippen LogP) is 2.95. The summed E-state index contributed by atoms with van der Waals surface area (Å²) in [5.41, 5.74) is 0. The molecule has 0 aliphatic heterocycles. The number of nitrogens with one attached hydrogen (secondary N) is 1. The van der Waals surface area contributed by atoms with Gasteiger partial charge in [-0.25, -0.2) is 0 Å². The molecule has 0 aromatic heterocycles. The van der Waals surface area contributed by atoms with Gasteiger partial charge in [0.15, 0.2) is 0 Å². The lowest BCUT2D eigenvalue weighted by molar-refractivity contribution is -0.124.